The Kier molecular flexibility index (Phi) is 4.22. The van der Waals surface area contributed by atoms with E-state index in [0.29, 0.717) is 18.9 Å². The fraction of sp³-hybridized carbons (Fsp3) is 0.444. The van der Waals surface area contributed by atoms with Crippen LogP contribution in [-0.4, -0.2) is 43.7 Å². The third-order valence-corrected chi connectivity index (χ3v) is 4.42. The van der Waals surface area contributed by atoms with E-state index in [9.17, 15) is 4.79 Å². The number of aromatic nitrogens is 1. The molecule has 1 aromatic heterocycles. The summed E-state index contributed by atoms with van der Waals surface area (Å²) in [7, 11) is 3.95. The summed E-state index contributed by atoms with van der Waals surface area (Å²) in [5.41, 5.74) is 2.07. The van der Waals surface area contributed by atoms with Crippen molar-refractivity contribution in [1.82, 2.24) is 10.3 Å². The lowest BCUT2D eigenvalue weighted by Gasteiger charge is -2.34. The summed E-state index contributed by atoms with van der Waals surface area (Å²) in [5, 5.41) is 4.19. The van der Waals surface area contributed by atoms with E-state index in [2.05, 4.69) is 17.2 Å². The molecule has 1 aliphatic rings. The average Bonchev–Trinajstić information content (AvgIpc) is 2.53. The van der Waals surface area contributed by atoms with Gasteiger partial charge in [0.2, 0.25) is 0 Å². The normalized spacial score (nSPS) is 17.0. The van der Waals surface area contributed by atoms with Crippen LogP contribution in [0.3, 0.4) is 0 Å². The highest BCUT2D eigenvalue weighted by Crippen LogP contribution is 2.26. The molecule has 1 aromatic carbocycles. The Morgan fingerprint density at radius 2 is 1.96 bits per heavy atom. The van der Waals surface area contributed by atoms with E-state index in [1.165, 1.54) is 0 Å². The van der Waals surface area contributed by atoms with E-state index in [1.807, 2.05) is 49.3 Å². The third-order valence-electron chi connectivity index (χ3n) is 4.42. The van der Waals surface area contributed by atoms with Gasteiger partial charge in [0.05, 0.1) is 5.52 Å². The maximum Gasteiger partial charge on any atom is 0.270 e. The predicted octanol–water partition coefficient (Wildman–Crippen LogP) is 2.60. The molecule has 1 amide bonds. The van der Waals surface area contributed by atoms with Crippen molar-refractivity contribution in [2.24, 2.45) is 0 Å². The molecule has 3 rings (SSSR count). The van der Waals surface area contributed by atoms with Gasteiger partial charge in [-0.15, -0.1) is 0 Å². The minimum Gasteiger partial charge on any atom is -0.381 e. The lowest BCUT2D eigenvalue weighted by Crippen LogP contribution is -2.49. The number of nitrogens with one attached hydrogen (secondary N) is 1. The van der Waals surface area contributed by atoms with Gasteiger partial charge < -0.3 is 15.0 Å². The van der Waals surface area contributed by atoms with Crippen LogP contribution in [0.2, 0.25) is 0 Å². The number of pyridine rings is 1. The number of para-hydroxylation sites is 1. The first-order chi connectivity index (χ1) is 11.0. The van der Waals surface area contributed by atoms with E-state index in [4.69, 9.17) is 4.74 Å². The maximum absolute atomic E-state index is 12.7. The van der Waals surface area contributed by atoms with Gasteiger partial charge in [-0.1, -0.05) is 18.2 Å². The zero-order chi connectivity index (χ0) is 16.4. The van der Waals surface area contributed by atoms with Gasteiger partial charge in [0.25, 0.3) is 5.91 Å². The zero-order valence-electron chi connectivity index (χ0n) is 13.9. The van der Waals surface area contributed by atoms with Crippen LogP contribution in [0, 0.1) is 0 Å². The monoisotopic (exact) mass is 313 g/mol. The number of anilines is 1. The molecular weight excluding hydrogens is 290 g/mol. The van der Waals surface area contributed by atoms with Crippen molar-refractivity contribution >= 4 is 22.5 Å². The van der Waals surface area contributed by atoms with Gasteiger partial charge in [-0.2, -0.15) is 0 Å². The SMILES string of the molecule is CN(C)c1cc(C(=O)NC2(C)CCOCC2)nc2ccccc12. The largest absolute Gasteiger partial charge is 0.381 e. The van der Waals surface area contributed by atoms with Gasteiger partial charge in [0, 0.05) is 43.9 Å². The number of rotatable bonds is 3. The number of hydrogen-bond donors (Lipinski definition) is 1. The second kappa shape index (κ2) is 6.16. The lowest BCUT2D eigenvalue weighted by molar-refractivity contribution is 0.0421. The van der Waals surface area contributed by atoms with Gasteiger partial charge >= 0.3 is 0 Å². The second-order valence-electron chi connectivity index (χ2n) is 6.57. The fourth-order valence-electron chi connectivity index (χ4n) is 2.93. The topological polar surface area (TPSA) is 54.5 Å². The Morgan fingerprint density at radius 1 is 1.26 bits per heavy atom. The number of benzene rings is 1. The zero-order valence-corrected chi connectivity index (χ0v) is 13.9. The van der Waals surface area contributed by atoms with Crippen LogP contribution in [0.1, 0.15) is 30.3 Å². The van der Waals surface area contributed by atoms with Gasteiger partial charge in [0.1, 0.15) is 5.69 Å². The molecule has 0 bridgehead atoms. The molecule has 2 heterocycles. The minimum atomic E-state index is -0.221. The highest BCUT2D eigenvalue weighted by molar-refractivity contribution is 6.00. The van der Waals surface area contributed by atoms with Gasteiger partial charge in [-0.05, 0) is 31.9 Å². The quantitative estimate of drug-likeness (QED) is 0.946. The van der Waals surface area contributed by atoms with Crippen molar-refractivity contribution in [1.29, 1.82) is 0 Å². The van der Waals surface area contributed by atoms with Gasteiger partial charge in [-0.25, -0.2) is 4.98 Å². The van der Waals surface area contributed by atoms with E-state index in [0.717, 1.165) is 29.4 Å². The first-order valence-electron chi connectivity index (χ1n) is 7.96. The van der Waals surface area contributed by atoms with Crippen molar-refractivity contribution in [3.63, 3.8) is 0 Å². The van der Waals surface area contributed by atoms with E-state index in [-0.39, 0.29) is 11.4 Å². The summed E-state index contributed by atoms with van der Waals surface area (Å²) >= 11 is 0. The molecule has 0 unspecified atom stereocenters. The molecule has 1 saturated heterocycles. The summed E-state index contributed by atoms with van der Waals surface area (Å²) in [6.45, 7) is 3.44. The molecule has 5 nitrogen and oxygen atoms in total. The highest BCUT2D eigenvalue weighted by atomic mass is 16.5. The van der Waals surface area contributed by atoms with Crippen LogP contribution in [0.5, 0.6) is 0 Å². The van der Waals surface area contributed by atoms with Crippen LogP contribution in [0.25, 0.3) is 10.9 Å². The van der Waals surface area contributed by atoms with Crippen molar-refractivity contribution in [3.05, 3.63) is 36.0 Å². The predicted molar refractivity (Wildman–Crippen MR) is 92.0 cm³/mol. The molecule has 0 atom stereocenters. The molecule has 0 aliphatic carbocycles. The van der Waals surface area contributed by atoms with E-state index >= 15 is 0 Å². The standard InChI is InChI=1S/C18H23N3O2/c1-18(8-10-23-11-9-18)20-17(22)15-12-16(21(2)3)13-6-4-5-7-14(13)19-15/h4-7,12H,8-11H2,1-3H3,(H,20,22). The number of carbonyl (C=O) groups is 1. The number of fused-ring (bicyclic) bond motifs is 1. The molecule has 0 radical (unpaired) electrons. The number of ether oxygens (including phenoxy) is 1. The first-order valence-corrected chi connectivity index (χ1v) is 7.96. The second-order valence-corrected chi connectivity index (χ2v) is 6.57. The van der Waals surface area contributed by atoms with Crippen molar-refractivity contribution in [3.8, 4) is 0 Å². The van der Waals surface area contributed by atoms with E-state index in [1.54, 1.807) is 0 Å². The summed E-state index contributed by atoms with van der Waals surface area (Å²) in [5.74, 6) is -0.122. The van der Waals surface area contributed by atoms with Crippen molar-refractivity contribution in [2.75, 3.05) is 32.2 Å². The summed E-state index contributed by atoms with van der Waals surface area (Å²) in [6.07, 6.45) is 1.65. The molecule has 1 aliphatic heterocycles. The summed E-state index contributed by atoms with van der Waals surface area (Å²) < 4.78 is 5.39. The van der Waals surface area contributed by atoms with Gasteiger partial charge in [-0.3, -0.25) is 4.79 Å². The average molecular weight is 313 g/mol. The van der Waals surface area contributed by atoms with Crippen LogP contribution in [-0.2, 0) is 4.74 Å². The van der Waals surface area contributed by atoms with Crippen LogP contribution >= 0.6 is 0 Å². The molecule has 1 fully saturated rings. The molecule has 2 aromatic rings. The number of amides is 1. The molecule has 0 spiro atoms. The molecule has 0 saturated carbocycles. The fourth-order valence-corrected chi connectivity index (χ4v) is 2.93. The van der Waals surface area contributed by atoms with Crippen LogP contribution in [0.4, 0.5) is 5.69 Å². The molecule has 5 heteroatoms. The van der Waals surface area contributed by atoms with Crippen LogP contribution < -0.4 is 10.2 Å². The Bertz CT molecular complexity index is 721. The third kappa shape index (κ3) is 3.29. The van der Waals surface area contributed by atoms with E-state index < -0.39 is 0 Å². The van der Waals surface area contributed by atoms with Crippen molar-refractivity contribution in [2.45, 2.75) is 25.3 Å². The number of nitrogens with zero attached hydrogens (tertiary/aromatic N) is 2. The molecular formula is C18H23N3O2. The Morgan fingerprint density at radius 3 is 2.65 bits per heavy atom. The maximum atomic E-state index is 12.7. The number of carbonyl (C=O) groups excluding carboxylic acids is 1. The Labute approximate surface area is 136 Å². The van der Waals surface area contributed by atoms with Gasteiger partial charge in [0.15, 0.2) is 0 Å². The Balaban J connectivity index is 1.94. The Hall–Kier alpha value is -2.14. The molecule has 122 valence electrons. The summed E-state index contributed by atoms with van der Waals surface area (Å²) in [4.78, 5) is 19.3. The molecule has 23 heavy (non-hydrogen) atoms. The summed E-state index contributed by atoms with van der Waals surface area (Å²) in [6, 6.07) is 9.75. The smallest absolute Gasteiger partial charge is 0.270 e. The molecule has 1 N–H and O–H groups in total. The van der Waals surface area contributed by atoms with Crippen molar-refractivity contribution < 1.29 is 9.53 Å². The lowest BCUT2D eigenvalue weighted by atomic mass is 9.92. The number of hydrogen-bond acceptors (Lipinski definition) is 4. The highest BCUT2D eigenvalue weighted by Gasteiger charge is 2.30. The minimum absolute atomic E-state index is 0.122. The van der Waals surface area contributed by atoms with Crippen LogP contribution in [0.15, 0.2) is 30.3 Å². The first kappa shape index (κ1) is 15.7.